The first kappa shape index (κ1) is 10.6. The lowest BCUT2D eigenvalue weighted by Crippen LogP contribution is -2.24. The van der Waals surface area contributed by atoms with Gasteiger partial charge in [0, 0.05) is 31.3 Å². The lowest BCUT2D eigenvalue weighted by atomic mass is 10.1. The average Bonchev–Trinajstić information content (AvgIpc) is 2.69. The van der Waals surface area contributed by atoms with Crippen molar-refractivity contribution in [1.29, 1.82) is 0 Å². The summed E-state index contributed by atoms with van der Waals surface area (Å²) in [5.41, 5.74) is 1.66. The monoisotopic (exact) mass is 220 g/mol. The molecule has 84 valence electrons. The number of carboxylic acids is 1. The summed E-state index contributed by atoms with van der Waals surface area (Å²) >= 11 is 0. The Morgan fingerprint density at radius 2 is 2.50 bits per heavy atom. The van der Waals surface area contributed by atoms with E-state index in [1.807, 2.05) is 12.1 Å². The minimum Gasteiger partial charge on any atom is -0.479 e. The highest BCUT2D eigenvalue weighted by molar-refractivity contribution is 5.81. The van der Waals surface area contributed by atoms with Gasteiger partial charge in [-0.2, -0.15) is 0 Å². The van der Waals surface area contributed by atoms with Gasteiger partial charge in [0.15, 0.2) is 6.10 Å². The predicted octanol–water partition coefficient (Wildman–Crippen LogP) is 1.21. The molecule has 0 fully saturated rings. The third kappa shape index (κ3) is 1.90. The zero-order chi connectivity index (χ0) is 11.5. The van der Waals surface area contributed by atoms with Crippen molar-refractivity contribution >= 4 is 17.0 Å². The third-order valence-electron chi connectivity index (χ3n) is 2.50. The topological polar surface area (TPSA) is 75.2 Å². The van der Waals surface area contributed by atoms with Crippen LogP contribution < -0.4 is 0 Å². The van der Waals surface area contributed by atoms with Crippen molar-refractivity contribution in [3.05, 3.63) is 30.1 Å². The van der Waals surface area contributed by atoms with Crippen LogP contribution in [0, 0.1) is 0 Å². The molecule has 2 heterocycles. The van der Waals surface area contributed by atoms with E-state index in [2.05, 4.69) is 9.97 Å². The number of carbonyl (C=O) groups is 1. The molecule has 0 aliphatic heterocycles. The summed E-state index contributed by atoms with van der Waals surface area (Å²) in [5, 5.41) is 9.83. The molecule has 0 saturated heterocycles. The van der Waals surface area contributed by atoms with Gasteiger partial charge in [0.25, 0.3) is 0 Å². The molecule has 0 aromatic carbocycles. The van der Waals surface area contributed by atoms with Crippen LogP contribution >= 0.6 is 0 Å². The van der Waals surface area contributed by atoms with Crippen LogP contribution in [0.2, 0.25) is 0 Å². The second kappa shape index (κ2) is 4.32. The van der Waals surface area contributed by atoms with Gasteiger partial charge >= 0.3 is 5.97 Å². The zero-order valence-electron chi connectivity index (χ0n) is 8.80. The van der Waals surface area contributed by atoms with Gasteiger partial charge in [-0.25, -0.2) is 9.78 Å². The first-order valence-corrected chi connectivity index (χ1v) is 4.89. The Balaban J connectivity index is 2.30. The second-order valence-corrected chi connectivity index (χ2v) is 3.48. The van der Waals surface area contributed by atoms with Crippen molar-refractivity contribution in [3.63, 3.8) is 0 Å². The van der Waals surface area contributed by atoms with Crippen molar-refractivity contribution in [2.75, 3.05) is 7.11 Å². The highest BCUT2D eigenvalue weighted by atomic mass is 16.5. The van der Waals surface area contributed by atoms with E-state index in [1.165, 1.54) is 7.11 Å². The number of rotatable bonds is 4. The van der Waals surface area contributed by atoms with E-state index >= 15 is 0 Å². The lowest BCUT2D eigenvalue weighted by molar-refractivity contribution is -0.148. The number of nitrogens with zero attached hydrogens (tertiary/aromatic N) is 1. The van der Waals surface area contributed by atoms with Gasteiger partial charge in [-0.1, -0.05) is 0 Å². The summed E-state index contributed by atoms with van der Waals surface area (Å²) in [6.45, 7) is 0. The van der Waals surface area contributed by atoms with Crippen LogP contribution in [0.3, 0.4) is 0 Å². The molecule has 0 amide bonds. The number of aliphatic carboxylic acids is 1. The van der Waals surface area contributed by atoms with Gasteiger partial charge in [0.1, 0.15) is 5.65 Å². The maximum absolute atomic E-state index is 10.8. The molecule has 2 aromatic rings. The largest absolute Gasteiger partial charge is 0.479 e. The summed E-state index contributed by atoms with van der Waals surface area (Å²) in [6, 6.07) is 3.73. The van der Waals surface area contributed by atoms with Crippen LogP contribution in [0.25, 0.3) is 11.0 Å². The number of carboxylic acid groups (broad SMARTS) is 1. The molecule has 0 aliphatic rings. The molecule has 5 heteroatoms. The first-order valence-electron chi connectivity index (χ1n) is 4.89. The van der Waals surface area contributed by atoms with E-state index in [4.69, 9.17) is 9.84 Å². The molecule has 2 rings (SSSR count). The Morgan fingerprint density at radius 1 is 1.69 bits per heavy atom. The minimum atomic E-state index is -0.958. The SMILES string of the molecule is COC(Cc1c[nH]c2ncccc12)C(=O)O. The van der Waals surface area contributed by atoms with E-state index in [0.717, 1.165) is 16.6 Å². The van der Waals surface area contributed by atoms with Gasteiger partial charge in [-0.3, -0.25) is 0 Å². The van der Waals surface area contributed by atoms with Crippen LogP contribution in [0.5, 0.6) is 0 Å². The van der Waals surface area contributed by atoms with E-state index in [1.54, 1.807) is 12.4 Å². The molecule has 0 spiro atoms. The van der Waals surface area contributed by atoms with Crippen molar-refractivity contribution in [2.24, 2.45) is 0 Å². The number of hydrogen-bond donors (Lipinski definition) is 2. The number of ether oxygens (including phenoxy) is 1. The molecule has 2 aromatic heterocycles. The van der Waals surface area contributed by atoms with Gasteiger partial charge in [0.05, 0.1) is 0 Å². The molecule has 1 atom stereocenters. The van der Waals surface area contributed by atoms with Crippen molar-refractivity contribution in [2.45, 2.75) is 12.5 Å². The standard InChI is InChI=1S/C11H12N2O3/c1-16-9(11(14)15)5-7-6-13-10-8(7)3-2-4-12-10/h2-4,6,9H,5H2,1H3,(H,12,13)(H,14,15). The minimum absolute atomic E-state index is 0.331. The number of pyridine rings is 1. The van der Waals surface area contributed by atoms with E-state index in [0.29, 0.717) is 6.42 Å². The van der Waals surface area contributed by atoms with Crippen LogP contribution in [0.4, 0.5) is 0 Å². The number of methoxy groups -OCH3 is 1. The summed E-state index contributed by atoms with van der Waals surface area (Å²) in [4.78, 5) is 18.0. The molecule has 0 saturated carbocycles. The van der Waals surface area contributed by atoms with Crippen molar-refractivity contribution in [3.8, 4) is 0 Å². The van der Waals surface area contributed by atoms with Crippen molar-refractivity contribution in [1.82, 2.24) is 9.97 Å². The number of fused-ring (bicyclic) bond motifs is 1. The molecule has 1 unspecified atom stereocenters. The van der Waals surface area contributed by atoms with Crippen LogP contribution in [0.1, 0.15) is 5.56 Å². The second-order valence-electron chi connectivity index (χ2n) is 3.48. The molecule has 5 nitrogen and oxygen atoms in total. The molecular weight excluding hydrogens is 208 g/mol. The van der Waals surface area contributed by atoms with E-state index in [9.17, 15) is 4.79 Å². The number of aromatic nitrogens is 2. The van der Waals surface area contributed by atoms with E-state index in [-0.39, 0.29) is 0 Å². The first-order chi connectivity index (χ1) is 7.72. The fourth-order valence-electron chi connectivity index (χ4n) is 1.65. The fourth-order valence-corrected chi connectivity index (χ4v) is 1.65. The molecule has 2 N–H and O–H groups in total. The molecule has 0 bridgehead atoms. The smallest absolute Gasteiger partial charge is 0.333 e. The number of aromatic amines is 1. The fraction of sp³-hybridized carbons (Fsp3) is 0.273. The maximum Gasteiger partial charge on any atom is 0.333 e. The van der Waals surface area contributed by atoms with Gasteiger partial charge < -0.3 is 14.8 Å². The van der Waals surface area contributed by atoms with E-state index < -0.39 is 12.1 Å². The van der Waals surface area contributed by atoms with Gasteiger partial charge in [-0.15, -0.1) is 0 Å². The highest BCUT2D eigenvalue weighted by Crippen LogP contribution is 2.17. The summed E-state index contributed by atoms with van der Waals surface area (Å²) in [7, 11) is 1.39. The Labute approximate surface area is 92.1 Å². The average molecular weight is 220 g/mol. The predicted molar refractivity (Wildman–Crippen MR) is 58.2 cm³/mol. The summed E-state index contributed by atoms with van der Waals surface area (Å²) < 4.78 is 4.90. The van der Waals surface area contributed by atoms with Gasteiger partial charge in [0.2, 0.25) is 0 Å². The normalized spacial score (nSPS) is 12.8. The molecule has 0 aliphatic carbocycles. The Morgan fingerprint density at radius 3 is 3.19 bits per heavy atom. The highest BCUT2D eigenvalue weighted by Gasteiger charge is 2.18. The molecule has 16 heavy (non-hydrogen) atoms. The summed E-state index contributed by atoms with van der Waals surface area (Å²) in [6.07, 6.45) is 2.97. The maximum atomic E-state index is 10.8. The number of nitrogens with one attached hydrogen (secondary N) is 1. The lowest BCUT2D eigenvalue weighted by Gasteiger charge is -2.08. The van der Waals surface area contributed by atoms with Crippen LogP contribution in [0.15, 0.2) is 24.5 Å². The molecule has 0 radical (unpaired) electrons. The number of H-pyrrole nitrogens is 1. The Bertz CT molecular complexity index is 507. The van der Waals surface area contributed by atoms with Crippen LogP contribution in [-0.2, 0) is 16.0 Å². The van der Waals surface area contributed by atoms with Crippen molar-refractivity contribution < 1.29 is 14.6 Å². The Hall–Kier alpha value is -1.88. The van der Waals surface area contributed by atoms with Gasteiger partial charge in [-0.05, 0) is 17.7 Å². The third-order valence-corrected chi connectivity index (χ3v) is 2.50. The molecular formula is C11H12N2O3. The zero-order valence-corrected chi connectivity index (χ0v) is 8.80. The van der Waals surface area contributed by atoms with Crippen LogP contribution in [-0.4, -0.2) is 34.3 Å². The quantitative estimate of drug-likeness (QED) is 0.811. The number of hydrogen-bond acceptors (Lipinski definition) is 3. The summed E-state index contributed by atoms with van der Waals surface area (Å²) in [5.74, 6) is -0.958. The Kier molecular flexibility index (Phi) is 2.87.